The summed E-state index contributed by atoms with van der Waals surface area (Å²) < 4.78 is 17.7. The van der Waals surface area contributed by atoms with Gasteiger partial charge in [0.2, 0.25) is 0 Å². The van der Waals surface area contributed by atoms with Crippen LogP contribution >= 0.6 is 431 Å². The van der Waals surface area contributed by atoms with Crippen LogP contribution in [0.25, 0.3) is 30.2 Å². The van der Waals surface area contributed by atoms with E-state index in [1.807, 2.05) is 48.5 Å². The van der Waals surface area contributed by atoms with Gasteiger partial charge < -0.3 is 22.9 Å². The van der Waals surface area contributed by atoms with Crippen molar-refractivity contribution in [2.75, 3.05) is 22.9 Å². The number of nitrogen functional groups attached to an aromatic ring is 4. The Balaban J connectivity index is 0.000000444. The van der Waals surface area contributed by atoms with Crippen LogP contribution in [0.2, 0.25) is 0 Å². The standard InChI is InChI=1S/C8H3ClI4.C8H5ClI3N.C8H4ClI3.3C8H6ClI2N/c1-3(9)6-4(10)2-5(11)7(12)8(6)13;1-3(9)6-4(10)2-5(11)8(13)7(6)12;2*1-4(9)6-2-5(10)3-7(11)8(6)12;1-4(9)5-2-6(10)8(12)7(11)3-5;1-4(9)5-2-3-6(10)8(12)7(5)11/h2H,1H2;2H,1,13H2;2-3H,1H2;3*2-3H,1,12H2. The zero-order valence-corrected chi connectivity index (χ0v) is 75.7. The minimum Gasteiger partial charge on any atom is -0.397 e. The summed E-state index contributed by atoms with van der Waals surface area (Å²) in [4.78, 5) is 0. The molecule has 0 aromatic heterocycles. The van der Waals surface area contributed by atoms with Crippen molar-refractivity contribution in [3.63, 3.8) is 0 Å². The molecule has 6 aromatic carbocycles. The van der Waals surface area contributed by atoms with E-state index < -0.39 is 0 Å². The molecule has 0 aliphatic heterocycles. The van der Waals surface area contributed by atoms with Crippen LogP contribution in [0.4, 0.5) is 22.7 Å². The summed E-state index contributed by atoms with van der Waals surface area (Å²) in [6.07, 6.45) is 0. The molecule has 26 heteroatoms. The van der Waals surface area contributed by atoms with Crippen LogP contribution in [0.15, 0.2) is 100 Å². The number of hydrogen-bond donors (Lipinski definition) is 4. The Morgan fingerprint density at radius 2 is 0.649 bits per heavy atom. The Kier molecular flexibility index (Phi) is 40.9. The summed E-state index contributed by atoms with van der Waals surface area (Å²) in [7, 11) is 0. The van der Waals surface area contributed by atoms with Gasteiger partial charge in [-0.3, -0.25) is 0 Å². The maximum absolute atomic E-state index is 5.93. The fourth-order valence-corrected chi connectivity index (χ4v) is 23.0. The minimum absolute atomic E-state index is 0.490. The lowest BCUT2D eigenvalue weighted by Crippen LogP contribution is -1.99. The highest BCUT2D eigenvalue weighted by Crippen LogP contribution is 2.37. The lowest BCUT2D eigenvalue weighted by atomic mass is 10.2. The summed E-state index contributed by atoms with van der Waals surface area (Å²) in [5.41, 5.74) is 32.0. The van der Waals surface area contributed by atoms with Crippen LogP contribution in [0.5, 0.6) is 0 Å². The summed E-state index contributed by atoms with van der Waals surface area (Å²) >= 11 is 70.8. The normalized spacial score (nSPS) is 10.0. The number of nitrogens with two attached hydrogens (primary N) is 4. The third-order valence-electron chi connectivity index (χ3n) is 8.35. The van der Waals surface area contributed by atoms with Gasteiger partial charge >= 0.3 is 0 Å². The second kappa shape index (κ2) is 38.6. The maximum atomic E-state index is 5.93. The van der Waals surface area contributed by atoms with Crippen molar-refractivity contribution in [2.24, 2.45) is 0 Å². The Hall–Kier alpha value is 6.38. The number of rotatable bonds is 6. The van der Waals surface area contributed by atoms with Gasteiger partial charge in [0.05, 0.1) is 22.7 Å². The largest absolute Gasteiger partial charge is 0.397 e. The van der Waals surface area contributed by atoms with Crippen molar-refractivity contribution in [1.29, 1.82) is 0 Å². The molecule has 74 heavy (non-hydrogen) atoms. The molecule has 6 rings (SSSR count). The first kappa shape index (κ1) is 78.4. The second-order valence-corrected chi connectivity index (χ2v) is 34.6. The molecule has 0 heterocycles. The molecular weight excluding hydrogens is 2880 g/mol. The zero-order chi connectivity index (χ0) is 57.5. The first-order chi connectivity index (χ1) is 34.0. The number of anilines is 4. The lowest BCUT2D eigenvalue weighted by Gasteiger charge is -2.09. The van der Waals surface area contributed by atoms with Crippen LogP contribution < -0.4 is 22.9 Å². The smallest absolute Gasteiger partial charge is 0.0592 e. The van der Waals surface area contributed by atoms with E-state index in [4.69, 9.17) is 92.5 Å². The molecule has 6 aromatic rings. The van der Waals surface area contributed by atoms with Crippen molar-refractivity contribution >= 4 is 484 Å². The Bertz CT molecular complexity index is 3010. The van der Waals surface area contributed by atoms with Gasteiger partial charge in [0.15, 0.2) is 0 Å². The predicted octanol–water partition coefficient (Wildman–Crippen LogP) is 25.4. The molecule has 0 unspecified atom stereocenters. The topological polar surface area (TPSA) is 104 Å². The van der Waals surface area contributed by atoms with E-state index in [1.165, 1.54) is 21.4 Å². The average Bonchev–Trinajstić information content (AvgIpc) is 3.28. The molecule has 0 spiro atoms. The van der Waals surface area contributed by atoms with Crippen LogP contribution in [-0.2, 0) is 0 Å². The molecule has 0 radical (unpaired) electrons. The second-order valence-electron chi connectivity index (χ2n) is 13.5. The van der Waals surface area contributed by atoms with Crippen molar-refractivity contribution in [2.45, 2.75) is 0 Å². The Morgan fingerprint density at radius 3 is 1.08 bits per heavy atom. The molecule has 8 N–H and O–H groups in total. The van der Waals surface area contributed by atoms with Gasteiger partial charge in [0.25, 0.3) is 0 Å². The molecule has 0 bridgehead atoms. The van der Waals surface area contributed by atoms with E-state index in [9.17, 15) is 0 Å². The predicted molar refractivity (Wildman–Crippen MR) is 469 cm³/mol. The van der Waals surface area contributed by atoms with Gasteiger partial charge in [-0.2, -0.15) is 0 Å². The van der Waals surface area contributed by atoms with Gasteiger partial charge in [-0.15, -0.1) is 0 Å². The van der Waals surface area contributed by atoms with Gasteiger partial charge in [0, 0.05) is 115 Å². The molecule has 0 aliphatic rings. The highest BCUT2D eigenvalue weighted by molar-refractivity contribution is 14.1. The van der Waals surface area contributed by atoms with E-state index in [1.54, 1.807) is 0 Å². The van der Waals surface area contributed by atoms with Gasteiger partial charge in [-0.25, -0.2) is 0 Å². The third-order valence-corrected chi connectivity index (χ3v) is 27.5. The minimum atomic E-state index is 0.490. The summed E-state index contributed by atoms with van der Waals surface area (Å²) in [5, 5.41) is 3.33. The molecule has 396 valence electrons. The number of halogens is 22. The molecule has 0 saturated heterocycles. The molecular formula is C48H30Cl6I16N4. The molecule has 0 saturated carbocycles. The number of benzene rings is 6. The van der Waals surface area contributed by atoms with Crippen LogP contribution in [0.3, 0.4) is 0 Å². The lowest BCUT2D eigenvalue weighted by molar-refractivity contribution is 1.45. The van der Waals surface area contributed by atoms with Crippen molar-refractivity contribution in [3.05, 3.63) is 191 Å². The monoisotopic (exact) mass is 2900 g/mol. The number of hydrogen-bond acceptors (Lipinski definition) is 4. The summed E-state index contributed by atoms with van der Waals surface area (Å²) in [5.74, 6) is 0. The molecule has 0 atom stereocenters. The van der Waals surface area contributed by atoms with E-state index in [2.05, 4.69) is 413 Å². The van der Waals surface area contributed by atoms with Crippen molar-refractivity contribution < 1.29 is 0 Å². The zero-order valence-electron chi connectivity index (χ0n) is 36.6. The van der Waals surface area contributed by atoms with E-state index in [0.717, 1.165) is 86.1 Å². The average molecular weight is 2910 g/mol. The SMILES string of the molecule is C=C(Cl)c1c(I)cc(I)c(I)c1I.C=C(Cl)c1c(I)cc(I)c(N)c1I.C=C(Cl)c1cc(I)c(N)c(I)c1.C=C(Cl)c1cc(I)cc(I)c1I.C=C(Cl)c1cc(I)cc(I)c1N.C=C(Cl)c1ccc(I)c(N)c1I. The van der Waals surface area contributed by atoms with Gasteiger partial charge in [-0.05, 0) is 422 Å². The van der Waals surface area contributed by atoms with Crippen molar-refractivity contribution in [3.8, 4) is 0 Å². The van der Waals surface area contributed by atoms with Crippen LogP contribution in [0, 0.1) is 57.1 Å². The Morgan fingerprint density at radius 1 is 0.284 bits per heavy atom. The summed E-state index contributed by atoms with van der Waals surface area (Å²) in [6.45, 7) is 22.2. The van der Waals surface area contributed by atoms with Crippen molar-refractivity contribution in [1.82, 2.24) is 0 Å². The highest BCUT2D eigenvalue weighted by Gasteiger charge is 2.15. The fraction of sp³-hybridized carbons (Fsp3) is 0. The van der Waals surface area contributed by atoms with Crippen LogP contribution in [-0.4, -0.2) is 0 Å². The Labute approximate surface area is 681 Å². The fourth-order valence-electron chi connectivity index (χ4n) is 4.75. The molecule has 0 aliphatic carbocycles. The van der Waals surface area contributed by atoms with Crippen LogP contribution in [0.1, 0.15) is 33.4 Å². The highest BCUT2D eigenvalue weighted by atomic mass is 127. The molecule has 4 nitrogen and oxygen atoms in total. The first-order valence-corrected chi connectivity index (χ1v) is 38.2. The summed E-state index contributed by atoms with van der Waals surface area (Å²) in [6, 6.07) is 19.9. The van der Waals surface area contributed by atoms with E-state index in [-0.39, 0.29) is 0 Å². The third kappa shape index (κ3) is 25.6. The maximum Gasteiger partial charge on any atom is 0.0592 e. The quantitative estimate of drug-likeness (QED) is 0.0577. The first-order valence-electron chi connectivity index (χ1n) is 18.7. The van der Waals surface area contributed by atoms with Gasteiger partial charge in [-0.1, -0.05) is 115 Å². The van der Waals surface area contributed by atoms with Gasteiger partial charge in [0.1, 0.15) is 0 Å². The van der Waals surface area contributed by atoms with E-state index >= 15 is 0 Å². The molecule has 0 amide bonds. The van der Waals surface area contributed by atoms with E-state index in [0.29, 0.717) is 35.9 Å². The molecule has 0 fully saturated rings.